The molecule has 0 saturated carbocycles. The molecular formula is C19H21N5O10S2. The van der Waals surface area contributed by atoms with Gasteiger partial charge in [0.15, 0.2) is 5.13 Å². The van der Waals surface area contributed by atoms with Gasteiger partial charge in [-0.2, -0.15) is 0 Å². The molecule has 0 aromatic carbocycles. The monoisotopic (exact) mass is 543 g/mol. The van der Waals surface area contributed by atoms with Crippen LogP contribution >= 0.6 is 23.1 Å². The number of aromatic nitrogens is 1. The summed E-state index contributed by atoms with van der Waals surface area (Å²) in [5.41, 5.74) is 5.54. The van der Waals surface area contributed by atoms with Crippen LogP contribution < -0.4 is 16.4 Å². The van der Waals surface area contributed by atoms with Gasteiger partial charge in [0.1, 0.15) is 36.4 Å². The molecule has 17 heteroatoms. The van der Waals surface area contributed by atoms with Crippen molar-refractivity contribution in [3.8, 4) is 0 Å². The summed E-state index contributed by atoms with van der Waals surface area (Å²) in [4.78, 5) is 75.3. The van der Waals surface area contributed by atoms with Crippen LogP contribution in [0.2, 0.25) is 0 Å². The van der Waals surface area contributed by atoms with Crippen molar-refractivity contribution >= 4 is 64.0 Å². The van der Waals surface area contributed by atoms with Gasteiger partial charge in [0, 0.05) is 23.6 Å². The first kappa shape index (κ1) is 26.9. The summed E-state index contributed by atoms with van der Waals surface area (Å²) in [7, 11) is 0. The first-order valence-electron chi connectivity index (χ1n) is 10.2. The molecule has 0 radical (unpaired) electrons. The Kier molecular flexibility index (Phi) is 8.49. The van der Waals surface area contributed by atoms with E-state index in [0.29, 0.717) is 0 Å². The molecule has 1 saturated heterocycles. The molecule has 3 amide bonds. The highest BCUT2D eigenvalue weighted by Gasteiger charge is 2.54. The molecule has 1 aromatic rings. The molecule has 15 nitrogen and oxygen atoms in total. The van der Waals surface area contributed by atoms with Gasteiger partial charge in [-0.15, -0.1) is 23.1 Å². The molecule has 0 unspecified atom stereocenters. The van der Waals surface area contributed by atoms with Gasteiger partial charge in [-0.1, -0.05) is 0 Å². The molecular weight excluding hydrogens is 522 g/mol. The Balaban J connectivity index is 1.53. The van der Waals surface area contributed by atoms with Crippen LogP contribution in [0.1, 0.15) is 12.6 Å². The first-order valence-corrected chi connectivity index (χ1v) is 12.1. The van der Waals surface area contributed by atoms with Crippen molar-refractivity contribution in [2.24, 2.45) is 5.73 Å². The maximum atomic E-state index is 12.6. The number of carbonyl (C=O) groups is 6. The van der Waals surface area contributed by atoms with Crippen LogP contribution in [0.3, 0.4) is 0 Å². The quantitative estimate of drug-likeness (QED) is 0.175. The lowest BCUT2D eigenvalue weighted by atomic mass is 10.0. The van der Waals surface area contributed by atoms with Crippen LogP contribution in [-0.4, -0.2) is 92.3 Å². The van der Waals surface area contributed by atoms with Crippen LogP contribution in [0.4, 0.5) is 9.93 Å². The Morgan fingerprint density at radius 3 is 2.64 bits per heavy atom. The normalized spacial score (nSPS) is 19.5. The lowest BCUT2D eigenvalue weighted by Crippen LogP contribution is -2.70. The van der Waals surface area contributed by atoms with Gasteiger partial charge in [-0.05, 0) is 0 Å². The van der Waals surface area contributed by atoms with Crippen LogP contribution in [0, 0.1) is 0 Å². The Bertz CT molecular complexity index is 1140. The zero-order chi connectivity index (χ0) is 26.6. The van der Waals surface area contributed by atoms with E-state index < -0.39 is 59.9 Å². The maximum Gasteiger partial charge on any atom is 0.413 e. The number of carboxylic acid groups (broad SMARTS) is 2. The number of nitrogens with two attached hydrogens (primary N) is 1. The average molecular weight is 544 g/mol. The fourth-order valence-electron chi connectivity index (χ4n) is 3.18. The minimum atomic E-state index is -1.37. The molecule has 0 aliphatic carbocycles. The second kappa shape index (κ2) is 11.4. The molecule has 0 spiro atoms. The summed E-state index contributed by atoms with van der Waals surface area (Å²) in [6.45, 7) is 0.389. The number of β-lactam (4-membered cyclic amide) rings is 1. The topological polar surface area (TPSA) is 228 Å². The molecule has 36 heavy (non-hydrogen) atoms. The third kappa shape index (κ3) is 6.29. The highest BCUT2D eigenvalue weighted by molar-refractivity contribution is 8.00. The number of carboxylic acids is 2. The zero-order valence-corrected chi connectivity index (χ0v) is 20.2. The van der Waals surface area contributed by atoms with E-state index in [1.807, 2.05) is 0 Å². The van der Waals surface area contributed by atoms with E-state index in [1.54, 1.807) is 0 Å². The molecule has 2 aliphatic rings. The highest BCUT2D eigenvalue weighted by atomic mass is 32.2. The predicted octanol–water partition coefficient (Wildman–Crippen LogP) is -1.05. The molecule has 0 bridgehead atoms. The first-order chi connectivity index (χ1) is 17.0. The highest BCUT2D eigenvalue weighted by Crippen LogP contribution is 2.40. The van der Waals surface area contributed by atoms with E-state index in [4.69, 9.17) is 15.6 Å². The van der Waals surface area contributed by atoms with Gasteiger partial charge < -0.3 is 30.7 Å². The number of thioether (sulfide) groups is 1. The minimum absolute atomic E-state index is 0.0944. The Labute approximate surface area is 211 Å². The van der Waals surface area contributed by atoms with Gasteiger partial charge in [0.2, 0.25) is 5.91 Å². The molecule has 6 N–H and O–H groups in total. The minimum Gasteiger partial charge on any atom is -0.480 e. The van der Waals surface area contributed by atoms with Crippen molar-refractivity contribution < 1.29 is 48.5 Å². The standard InChI is InChI=1S/C19H21N5O10S2/c1-7(25)33-3-8-5-35-15-12(14(27)24(15)13(8)17(30)31)22-11(26)2-9-6-36-18(21-9)23-19(32)34-4-10(20)16(28)29/h6,10,12,15H,2-5,20H2,1H3,(H,22,26)(H,28,29)(H,30,31)(H,21,23,32)/t10-,12-,15-/m1/s1. The Morgan fingerprint density at radius 2 is 2.00 bits per heavy atom. The van der Waals surface area contributed by atoms with Crippen LogP contribution in [0.25, 0.3) is 0 Å². The number of hydrogen-bond acceptors (Lipinski definition) is 12. The van der Waals surface area contributed by atoms with Crippen molar-refractivity contribution in [2.75, 3.05) is 24.3 Å². The fourth-order valence-corrected chi connectivity index (χ4v) is 5.20. The summed E-state index contributed by atoms with van der Waals surface area (Å²) in [5.74, 6) is -4.22. The number of aliphatic carboxylic acids is 2. The SMILES string of the molecule is CC(=O)OCC1=C(C(=O)O)N2C(=O)[C@@H](NC(=O)Cc3csc(NC(=O)OC[C@@H](N)C(=O)O)n3)[C@H]2SC1. The van der Waals surface area contributed by atoms with E-state index in [-0.39, 0.29) is 40.9 Å². The predicted molar refractivity (Wildman–Crippen MR) is 123 cm³/mol. The van der Waals surface area contributed by atoms with Crippen LogP contribution in [0.5, 0.6) is 0 Å². The third-order valence-electron chi connectivity index (χ3n) is 4.83. The lowest BCUT2D eigenvalue weighted by Gasteiger charge is -2.49. The second-order valence-corrected chi connectivity index (χ2v) is 9.44. The molecule has 1 fully saturated rings. The number of anilines is 1. The van der Waals surface area contributed by atoms with Gasteiger partial charge in [-0.25, -0.2) is 14.6 Å². The van der Waals surface area contributed by atoms with Crippen LogP contribution in [0.15, 0.2) is 16.7 Å². The number of rotatable bonds is 10. The Morgan fingerprint density at radius 1 is 1.28 bits per heavy atom. The average Bonchev–Trinajstić information content (AvgIpc) is 3.24. The number of hydrogen-bond donors (Lipinski definition) is 5. The van der Waals surface area contributed by atoms with E-state index >= 15 is 0 Å². The molecule has 1 aromatic heterocycles. The lowest BCUT2D eigenvalue weighted by molar-refractivity contribution is -0.151. The largest absolute Gasteiger partial charge is 0.480 e. The van der Waals surface area contributed by atoms with Crippen molar-refractivity contribution in [3.63, 3.8) is 0 Å². The van der Waals surface area contributed by atoms with E-state index in [0.717, 1.165) is 16.2 Å². The zero-order valence-electron chi connectivity index (χ0n) is 18.6. The van der Waals surface area contributed by atoms with Gasteiger partial charge in [0.05, 0.1) is 12.1 Å². The summed E-state index contributed by atoms with van der Waals surface area (Å²) >= 11 is 2.22. The van der Waals surface area contributed by atoms with E-state index in [1.165, 1.54) is 24.1 Å². The summed E-state index contributed by atoms with van der Waals surface area (Å²) in [6.07, 6.45) is -1.20. The number of ether oxygens (including phenoxy) is 2. The van der Waals surface area contributed by atoms with Gasteiger partial charge in [-0.3, -0.25) is 29.4 Å². The van der Waals surface area contributed by atoms with Crippen molar-refractivity contribution in [3.05, 3.63) is 22.3 Å². The summed E-state index contributed by atoms with van der Waals surface area (Å²) in [6, 6.07) is -2.32. The number of nitrogens with zero attached hydrogens (tertiary/aromatic N) is 2. The van der Waals surface area contributed by atoms with E-state index in [9.17, 15) is 33.9 Å². The van der Waals surface area contributed by atoms with Crippen molar-refractivity contribution in [1.82, 2.24) is 15.2 Å². The summed E-state index contributed by atoms with van der Waals surface area (Å²) < 4.78 is 9.54. The number of carbonyl (C=O) groups excluding carboxylic acids is 4. The number of esters is 1. The van der Waals surface area contributed by atoms with Gasteiger partial charge >= 0.3 is 24.0 Å². The number of fused-ring (bicyclic) bond motifs is 1. The second-order valence-electron chi connectivity index (χ2n) is 7.48. The number of thiazole rings is 1. The maximum absolute atomic E-state index is 12.6. The number of amides is 3. The van der Waals surface area contributed by atoms with Crippen LogP contribution in [-0.2, 0) is 39.9 Å². The fraction of sp³-hybridized carbons (Fsp3) is 0.421. The molecule has 3 atom stereocenters. The van der Waals surface area contributed by atoms with E-state index in [2.05, 4.69) is 20.4 Å². The Hall–Kier alpha value is -3.70. The molecule has 3 heterocycles. The molecule has 3 rings (SSSR count). The van der Waals surface area contributed by atoms with Gasteiger partial charge in [0.25, 0.3) is 5.91 Å². The summed E-state index contributed by atoms with van der Waals surface area (Å²) in [5, 5.41) is 24.0. The smallest absolute Gasteiger partial charge is 0.413 e. The molecule has 194 valence electrons. The third-order valence-corrected chi connectivity index (χ3v) is 6.98. The van der Waals surface area contributed by atoms with Crippen molar-refractivity contribution in [1.29, 1.82) is 0 Å². The molecule has 2 aliphatic heterocycles. The number of nitrogens with one attached hydrogen (secondary N) is 2. The van der Waals surface area contributed by atoms with Crippen molar-refractivity contribution in [2.45, 2.75) is 30.8 Å².